The molecule has 0 aliphatic carbocycles. The number of aryl methyl sites for hydroxylation is 2. The van der Waals surface area contributed by atoms with E-state index in [1.54, 1.807) is 4.90 Å². The molecule has 1 N–H and O–H groups in total. The number of nitrogens with zero attached hydrogens (tertiary/aromatic N) is 1. The first-order valence-electron chi connectivity index (χ1n) is 8.35. The lowest BCUT2D eigenvalue weighted by Gasteiger charge is -2.19. The predicted molar refractivity (Wildman–Crippen MR) is 96.8 cm³/mol. The molecular weight excluding hydrogens is 316 g/mol. The van der Waals surface area contributed by atoms with Crippen LogP contribution in [-0.4, -0.2) is 25.0 Å². The summed E-state index contributed by atoms with van der Waals surface area (Å²) in [5.74, 6) is 0.477. The number of hydrogen-bond donors (Lipinski definition) is 1. The number of para-hydroxylation sites is 1. The number of amides is 2. The largest absolute Gasteiger partial charge is 0.491 e. The second kappa shape index (κ2) is 6.97. The van der Waals surface area contributed by atoms with Crippen LogP contribution in [0.4, 0.5) is 5.69 Å². The summed E-state index contributed by atoms with van der Waals surface area (Å²) in [6, 6.07) is 13.0. The van der Waals surface area contributed by atoms with Crippen molar-refractivity contribution in [1.29, 1.82) is 0 Å². The van der Waals surface area contributed by atoms with E-state index in [-0.39, 0.29) is 11.8 Å². The van der Waals surface area contributed by atoms with E-state index in [4.69, 9.17) is 4.74 Å². The van der Waals surface area contributed by atoms with E-state index in [1.165, 1.54) is 6.92 Å². The van der Waals surface area contributed by atoms with E-state index in [1.807, 2.05) is 56.3 Å². The van der Waals surface area contributed by atoms with Crippen molar-refractivity contribution in [3.05, 3.63) is 59.2 Å². The number of benzene rings is 2. The first-order chi connectivity index (χ1) is 12.0. The van der Waals surface area contributed by atoms with Crippen LogP contribution in [0.15, 0.2) is 42.5 Å². The van der Waals surface area contributed by atoms with E-state index >= 15 is 0 Å². The highest BCUT2D eigenvalue weighted by molar-refractivity contribution is 6.06. The zero-order chi connectivity index (χ0) is 18.0. The molecule has 0 radical (unpaired) electrons. The maximum Gasteiger partial charge on any atom is 0.254 e. The fraction of sp³-hybridized carbons (Fsp3) is 0.300. The number of fused-ring (bicyclic) bond motifs is 1. The summed E-state index contributed by atoms with van der Waals surface area (Å²) in [5, 5.41) is 2.75. The average molecular weight is 338 g/mol. The first-order valence-corrected chi connectivity index (χ1v) is 8.35. The third-order valence-corrected chi connectivity index (χ3v) is 4.31. The van der Waals surface area contributed by atoms with Crippen LogP contribution in [0, 0.1) is 13.8 Å². The zero-order valence-corrected chi connectivity index (χ0v) is 14.7. The van der Waals surface area contributed by atoms with Crippen LogP contribution in [0.3, 0.4) is 0 Å². The minimum Gasteiger partial charge on any atom is -0.491 e. The molecule has 0 fully saturated rings. The molecule has 5 heteroatoms. The van der Waals surface area contributed by atoms with Gasteiger partial charge in [-0.15, -0.1) is 0 Å². The number of nitrogens with one attached hydrogen (secondary N) is 1. The van der Waals surface area contributed by atoms with Crippen molar-refractivity contribution in [2.24, 2.45) is 0 Å². The Labute approximate surface area is 147 Å². The summed E-state index contributed by atoms with van der Waals surface area (Å²) in [4.78, 5) is 25.9. The van der Waals surface area contributed by atoms with Crippen molar-refractivity contribution in [3.8, 4) is 5.75 Å². The minimum atomic E-state index is -0.620. The molecule has 0 spiro atoms. The minimum absolute atomic E-state index is 0.121. The van der Waals surface area contributed by atoms with Crippen molar-refractivity contribution >= 4 is 17.5 Å². The van der Waals surface area contributed by atoms with Crippen molar-refractivity contribution < 1.29 is 14.3 Å². The molecule has 2 amide bonds. The lowest BCUT2D eigenvalue weighted by atomic mass is 10.1. The van der Waals surface area contributed by atoms with E-state index in [0.29, 0.717) is 13.2 Å². The third kappa shape index (κ3) is 3.50. The van der Waals surface area contributed by atoms with Gasteiger partial charge in [0.15, 0.2) is 0 Å². The molecule has 25 heavy (non-hydrogen) atoms. The Balaban J connectivity index is 1.76. The van der Waals surface area contributed by atoms with Crippen molar-refractivity contribution in [3.63, 3.8) is 0 Å². The summed E-state index contributed by atoms with van der Waals surface area (Å²) in [7, 11) is 0. The molecule has 1 unspecified atom stereocenters. The molecule has 1 aliphatic rings. The Morgan fingerprint density at radius 2 is 1.96 bits per heavy atom. The van der Waals surface area contributed by atoms with E-state index < -0.39 is 6.04 Å². The Hall–Kier alpha value is -2.82. The number of ether oxygens (including phenoxy) is 1. The number of carbonyl (C=O) groups excluding carboxylic acids is 2. The average Bonchev–Trinajstić information content (AvgIpc) is 2.81. The molecule has 1 atom stereocenters. The fourth-order valence-corrected chi connectivity index (χ4v) is 3.10. The van der Waals surface area contributed by atoms with Crippen LogP contribution in [0.1, 0.15) is 29.7 Å². The second-order valence-corrected chi connectivity index (χ2v) is 6.30. The monoisotopic (exact) mass is 338 g/mol. The molecule has 0 aromatic heterocycles. The number of rotatable bonds is 5. The molecule has 130 valence electrons. The van der Waals surface area contributed by atoms with Crippen molar-refractivity contribution in [2.45, 2.75) is 26.8 Å². The van der Waals surface area contributed by atoms with Gasteiger partial charge in [0.2, 0.25) is 5.91 Å². The topological polar surface area (TPSA) is 58.6 Å². The van der Waals surface area contributed by atoms with Gasteiger partial charge >= 0.3 is 0 Å². The fourth-order valence-electron chi connectivity index (χ4n) is 3.10. The van der Waals surface area contributed by atoms with Crippen LogP contribution in [0.2, 0.25) is 0 Å². The molecule has 3 rings (SSSR count). The molecule has 0 saturated carbocycles. The molecular formula is C20H22N2O3. The normalized spacial score (nSPS) is 15.9. The van der Waals surface area contributed by atoms with Gasteiger partial charge < -0.3 is 15.0 Å². The SMILES string of the molecule is CC(=O)NC1C(=O)N(CCOc2ccccc2C)c2ccc(C)cc21. The predicted octanol–water partition coefficient (Wildman–Crippen LogP) is 2.91. The van der Waals surface area contributed by atoms with Gasteiger partial charge in [-0.25, -0.2) is 0 Å². The van der Waals surface area contributed by atoms with Crippen LogP contribution in [0.25, 0.3) is 0 Å². The highest BCUT2D eigenvalue weighted by Crippen LogP contribution is 2.36. The van der Waals surface area contributed by atoms with Gasteiger partial charge in [-0.1, -0.05) is 35.9 Å². The highest BCUT2D eigenvalue weighted by atomic mass is 16.5. The highest BCUT2D eigenvalue weighted by Gasteiger charge is 2.37. The van der Waals surface area contributed by atoms with Crippen molar-refractivity contribution in [1.82, 2.24) is 5.32 Å². The third-order valence-electron chi connectivity index (χ3n) is 4.31. The van der Waals surface area contributed by atoms with E-state index in [9.17, 15) is 9.59 Å². The number of hydrogen-bond acceptors (Lipinski definition) is 3. The van der Waals surface area contributed by atoms with Crippen molar-refractivity contribution in [2.75, 3.05) is 18.1 Å². The maximum atomic E-state index is 12.8. The maximum absolute atomic E-state index is 12.8. The Morgan fingerprint density at radius 1 is 1.20 bits per heavy atom. The lowest BCUT2D eigenvalue weighted by molar-refractivity contribution is -0.126. The quantitative estimate of drug-likeness (QED) is 0.912. The van der Waals surface area contributed by atoms with E-state index in [0.717, 1.165) is 28.1 Å². The van der Waals surface area contributed by atoms with Gasteiger partial charge in [0, 0.05) is 18.2 Å². The molecule has 0 bridgehead atoms. The Kier molecular flexibility index (Phi) is 4.74. The molecule has 1 heterocycles. The molecule has 2 aromatic rings. The first kappa shape index (κ1) is 17.0. The summed E-state index contributed by atoms with van der Waals surface area (Å²) in [6.45, 7) is 6.20. The molecule has 1 aliphatic heterocycles. The van der Waals surface area contributed by atoms with Gasteiger partial charge in [-0.2, -0.15) is 0 Å². The summed E-state index contributed by atoms with van der Waals surface area (Å²) >= 11 is 0. The summed E-state index contributed by atoms with van der Waals surface area (Å²) in [6.07, 6.45) is 0. The Bertz CT molecular complexity index is 816. The standard InChI is InChI=1S/C20H22N2O3/c1-13-8-9-17-16(12-13)19(21-15(3)23)20(24)22(17)10-11-25-18-7-5-4-6-14(18)2/h4-9,12,19H,10-11H2,1-3H3,(H,21,23). The van der Waals surface area contributed by atoms with Gasteiger partial charge in [-0.3, -0.25) is 9.59 Å². The van der Waals surface area contributed by atoms with Crippen LogP contribution in [-0.2, 0) is 9.59 Å². The van der Waals surface area contributed by atoms with Crippen LogP contribution < -0.4 is 15.0 Å². The van der Waals surface area contributed by atoms with Crippen LogP contribution >= 0.6 is 0 Å². The number of carbonyl (C=O) groups is 2. The Morgan fingerprint density at radius 3 is 2.68 bits per heavy atom. The lowest BCUT2D eigenvalue weighted by Crippen LogP contribution is -2.38. The van der Waals surface area contributed by atoms with Gasteiger partial charge in [0.05, 0.1) is 6.54 Å². The molecule has 5 nitrogen and oxygen atoms in total. The van der Waals surface area contributed by atoms with Gasteiger partial charge in [0.25, 0.3) is 5.91 Å². The summed E-state index contributed by atoms with van der Waals surface area (Å²) in [5.41, 5.74) is 3.79. The van der Waals surface area contributed by atoms with Gasteiger partial charge in [0.1, 0.15) is 18.4 Å². The van der Waals surface area contributed by atoms with E-state index in [2.05, 4.69) is 5.32 Å². The van der Waals surface area contributed by atoms with Gasteiger partial charge in [-0.05, 0) is 31.5 Å². The number of anilines is 1. The second-order valence-electron chi connectivity index (χ2n) is 6.30. The van der Waals surface area contributed by atoms with Crippen LogP contribution in [0.5, 0.6) is 5.75 Å². The summed E-state index contributed by atoms with van der Waals surface area (Å²) < 4.78 is 5.82. The molecule has 2 aromatic carbocycles. The zero-order valence-electron chi connectivity index (χ0n) is 14.7. The molecule has 0 saturated heterocycles. The smallest absolute Gasteiger partial charge is 0.254 e.